The molecular formula is C15H29Y-. The van der Waals surface area contributed by atoms with E-state index in [1.54, 1.807) is 0 Å². The Bertz CT molecular complexity index is 196. The molecule has 0 N–H and O–H groups in total. The summed E-state index contributed by atoms with van der Waals surface area (Å²) in [5.41, 5.74) is 1.69. The van der Waals surface area contributed by atoms with Crippen molar-refractivity contribution in [3.8, 4) is 0 Å². The van der Waals surface area contributed by atoms with Gasteiger partial charge in [0.25, 0.3) is 0 Å². The molecule has 0 saturated heterocycles. The third-order valence-electron chi connectivity index (χ3n) is 1.64. The van der Waals surface area contributed by atoms with E-state index in [9.17, 15) is 0 Å². The Hall–Kier alpha value is 0.324. The van der Waals surface area contributed by atoms with Crippen LogP contribution in [0.5, 0.6) is 0 Å². The van der Waals surface area contributed by atoms with Gasteiger partial charge >= 0.3 is 0 Å². The second kappa shape index (κ2) is 15.3. The van der Waals surface area contributed by atoms with Crippen LogP contribution >= 0.6 is 0 Å². The molecule has 0 amide bonds. The Kier molecular flexibility index (Phi) is 24.2. The van der Waals surface area contributed by atoms with Crippen molar-refractivity contribution in [2.45, 2.75) is 53.9 Å². The van der Waals surface area contributed by atoms with Gasteiger partial charge in [0, 0.05) is 32.7 Å². The first kappa shape index (κ1) is 25.2. The molecule has 0 bridgehead atoms. The van der Waals surface area contributed by atoms with Crippen LogP contribution in [-0.4, -0.2) is 0 Å². The van der Waals surface area contributed by atoms with Gasteiger partial charge in [-0.3, -0.25) is 0 Å². The van der Waals surface area contributed by atoms with E-state index in [0.29, 0.717) is 5.41 Å². The van der Waals surface area contributed by atoms with Gasteiger partial charge in [-0.1, -0.05) is 78.8 Å². The zero-order valence-electron chi connectivity index (χ0n) is 12.5. The van der Waals surface area contributed by atoms with Gasteiger partial charge in [-0.25, -0.2) is 0 Å². The van der Waals surface area contributed by atoms with E-state index in [2.05, 4.69) is 51.1 Å². The van der Waals surface area contributed by atoms with Crippen molar-refractivity contribution >= 4 is 0 Å². The zero-order valence-corrected chi connectivity index (χ0v) is 15.3. The fourth-order valence-electron chi connectivity index (χ4n) is 0.938. The third-order valence-corrected chi connectivity index (χ3v) is 1.64. The average molecular weight is 298 g/mol. The zero-order chi connectivity index (χ0) is 11.6. The topological polar surface area (TPSA) is 0 Å². The molecule has 1 radical (unpaired) electrons. The van der Waals surface area contributed by atoms with E-state index in [-0.39, 0.29) is 40.1 Å². The van der Waals surface area contributed by atoms with Crippen molar-refractivity contribution in [2.24, 2.45) is 0 Å². The van der Waals surface area contributed by atoms with Crippen LogP contribution in [0.25, 0.3) is 0 Å². The molecule has 16 heavy (non-hydrogen) atoms. The molecule has 0 aliphatic heterocycles. The van der Waals surface area contributed by atoms with Crippen LogP contribution in [0.2, 0.25) is 0 Å². The SMILES string of the molecule is CC.CC.CC(C)(C)c1ccccc1.[CH3-].[Y]. The molecule has 0 heterocycles. The Morgan fingerprint density at radius 1 is 0.750 bits per heavy atom. The number of hydrogen-bond acceptors (Lipinski definition) is 0. The summed E-state index contributed by atoms with van der Waals surface area (Å²) in [6.07, 6.45) is 0. The number of hydrogen-bond donors (Lipinski definition) is 0. The van der Waals surface area contributed by atoms with E-state index in [1.165, 1.54) is 5.56 Å². The van der Waals surface area contributed by atoms with Crippen LogP contribution in [0.4, 0.5) is 0 Å². The third kappa shape index (κ3) is 12.4. The summed E-state index contributed by atoms with van der Waals surface area (Å²) in [6, 6.07) is 10.6. The monoisotopic (exact) mass is 298 g/mol. The molecule has 1 aromatic carbocycles. The quantitative estimate of drug-likeness (QED) is 0.556. The first-order valence-electron chi connectivity index (χ1n) is 5.66. The molecule has 0 aliphatic carbocycles. The van der Waals surface area contributed by atoms with Crippen LogP contribution in [0.3, 0.4) is 0 Å². The molecule has 0 unspecified atom stereocenters. The van der Waals surface area contributed by atoms with Crippen molar-refractivity contribution in [3.63, 3.8) is 0 Å². The van der Waals surface area contributed by atoms with Crippen molar-refractivity contribution in [2.75, 3.05) is 0 Å². The maximum Gasteiger partial charge on any atom is 0 e. The molecule has 0 nitrogen and oxygen atoms in total. The fourth-order valence-corrected chi connectivity index (χ4v) is 0.938. The predicted octanol–water partition coefficient (Wildman–Crippen LogP) is 5.48. The maximum atomic E-state index is 2.22. The minimum absolute atomic E-state index is 0. The summed E-state index contributed by atoms with van der Waals surface area (Å²) < 4.78 is 0. The van der Waals surface area contributed by atoms with Gasteiger partial charge < -0.3 is 7.43 Å². The van der Waals surface area contributed by atoms with Gasteiger partial charge in [-0.15, -0.1) is 0 Å². The molecule has 0 saturated carbocycles. The summed E-state index contributed by atoms with van der Waals surface area (Å²) in [6.45, 7) is 14.7. The first-order valence-corrected chi connectivity index (χ1v) is 5.66. The predicted molar refractivity (Wildman–Crippen MR) is 74.3 cm³/mol. The molecular weight excluding hydrogens is 269 g/mol. The van der Waals surface area contributed by atoms with Crippen LogP contribution in [0.1, 0.15) is 54.0 Å². The van der Waals surface area contributed by atoms with E-state index < -0.39 is 0 Å². The second-order valence-electron chi connectivity index (χ2n) is 3.62. The largest absolute Gasteiger partial charge is 0.358 e. The summed E-state index contributed by atoms with van der Waals surface area (Å²) in [5.74, 6) is 0. The van der Waals surface area contributed by atoms with Crippen molar-refractivity contribution in [1.29, 1.82) is 0 Å². The van der Waals surface area contributed by atoms with Gasteiger partial charge in [-0.2, -0.15) is 0 Å². The number of benzene rings is 1. The normalized spacial score (nSPS) is 7.94. The van der Waals surface area contributed by atoms with Crippen molar-refractivity contribution < 1.29 is 32.7 Å². The Balaban J connectivity index is -0.000000109. The van der Waals surface area contributed by atoms with Crippen LogP contribution in [0, 0.1) is 7.43 Å². The molecule has 1 aromatic rings. The molecule has 0 spiro atoms. The van der Waals surface area contributed by atoms with Crippen LogP contribution in [-0.2, 0) is 38.1 Å². The molecule has 1 rings (SSSR count). The smallest absolute Gasteiger partial charge is 0 e. The molecule has 0 aromatic heterocycles. The van der Waals surface area contributed by atoms with Gasteiger partial charge in [0.2, 0.25) is 0 Å². The minimum Gasteiger partial charge on any atom is -0.358 e. The summed E-state index contributed by atoms with van der Waals surface area (Å²) in [7, 11) is 0. The van der Waals surface area contributed by atoms with E-state index in [4.69, 9.17) is 0 Å². The Morgan fingerprint density at radius 3 is 1.25 bits per heavy atom. The van der Waals surface area contributed by atoms with Gasteiger partial charge in [0.1, 0.15) is 0 Å². The van der Waals surface area contributed by atoms with E-state index in [1.807, 2.05) is 27.7 Å². The minimum atomic E-state index is 0. The Labute approximate surface area is 129 Å². The molecule has 0 atom stereocenters. The molecule has 0 aliphatic rings. The summed E-state index contributed by atoms with van der Waals surface area (Å²) in [4.78, 5) is 0. The molecule has 0 fully saturated rings. The van der Waals surface area contributed by atoms with Crippen molar-refractivity contribution in [1.82, 2.24) is 0 Å². The maximum absolute atomic E-state index is 2.22. The average Bonchev–Trinajstić information content (AvgIpc) is 2.24. The fraction of sp³-hybridized carbons (Fsp3) is 0.533. The van der Waals surface area contributed by atoms with E-state index >= 15 is 0 Å². The standard InChI is InChI=1S/C10H14.2C2H6.CH3.Y/c1-10(2,3)9-7-5-4-6-8-9;2*1-2;;/h4-8H,1-3H3;2*1-2H3;1H3;/q;;;-1;. The molecule has 93 valence electrons. The van der Waals surface area contributed by atoms with E-state index in [0.717, 1.165) is 0 Å². The molecule has 1 heteroatoms. The second-order valence-corrected chi connectivity index (χ2v) is 3.62. The van der Waals surface area contributed by atoms with Crippen LogP contribution in [0.15, 0.2) is 30.3 Å². The van der Waals surface area contributed by atoms with Crippen LogP contribution < -0.4 is 0 Å². The summed E-state index contributed by atoms with van der Waals surface area (Å²) >= 11 is 0. The van der Waals surface area contributed by atoms with Gasteiger partial charge in [-0.05, 0) is 11.0 Å². The Morgan fingerprint density at radius 2 is 1.06 bits per heavy atom. The number of rotatable bonds is 0. The van der Waals surface area contributed by atoms with Crippen molar-refractivity contribution in [3.05, 3.63) is 43.3 Å². The van der Waals surface area contributed by atoms with Gasteiger partial charge in [0.05, 0.1) is 0 Å². The first-order chi connectivity index (χ1) is 6.61. The van der Waals surface area contributed by atoms with Gasteiger partial charge in [0.15, 0.2) is 0 Å². The summed E-state index contributed by atoms with van der Waals surface area (Å²) in [5, 5.41) is 0.